The van der Waals surface area contributed by atoms with Crippen molar-refractivity contribution in [1.82, 2.24) is 5.32 Å². The van der Waals surface area contributed by atoms with E-state index in [4.69, 9.17) is 9.47 Å². The van der Waals surface area contributed by atoms with E-state index >= 15 is 0 Å². The molecule has 0 radical (unpaired) electrons. The van der Waals surface area contributed by atoms with Gasteiger partial charge in [-0.3, -0.25) is 4.79 Å². The van der Waals surface area contributed by atoms with Gasteiger partial charge in [-0.05, 0) is 59.1 Å². The van der Waals surface area contributed by atoms with Crippen LogP contribution in [0.3, 0.4) is 0 Å². The van der Waals surface area contributed by atoms with Gasteiger partial charge in [0.2, 0.25) is 0 Å². The van der Waals surface area contributed by atoms with Crippen molar-refractivity contribution in [3.05, 3.63) is 44.7 Å². The molecule has 3 rings (SSSR count). The van der Waals surface area contributed by atoms with Crippen LogP contribution in [0.2, 0.25) is 0 Å². The number of phenols is 1. The molecule has 162 valence electrons. The predicted molar refractivity (Wildman–Crippen MR) is 121 cm³/mol. The average molecular weight is 496 g/mol. The first-order valence-corrected chi connectivity index (χ1v) is 11.9. The van der Waals surface area contributed by atoms with E-state index in [0.717, 1.165) is 30.0 Å². The van der Waals surface area contributed by atoms with Gasteiger partial charge in [-0.2, -0.15) is 11.8 Å². The summed E-state index contributed by atoms with van der Waals surface area (Å²) in [7, 11) is 1.46. The van der Waals surface area contributed by atoms with Crippen LogP contribution >= 0.6 is 27.7 Å². The number of nitrogens with one attached hydrogen (secondary N) is 1. The Balaban J connectivity index is 2.08. The molecule has 1 aliphatic carbocycles. The summed E-state index contributed by atoms with van der Waals surface area (Å²) in [4.78, 5) is 26.0. The van der Waals surface area contributed by atoms with Crippen LogP contribution in [-0.4, -0.2) is 42.1 Å². The minimum absolute atomic E-state index is 0.0243. The Morgan fingerprint density at radius 1 is 1.37 bits per heavy atom. The van der Waals surface area contributed by atoms with Crippen LogP contribution in [0.25, 0.3) is 0 Å². The monoisotopic (exact) mass is 495 g/mol. The summed E-state index contributed by atoms with van der Waals surface area (Å²) in [5, 5.41) is 13.5. The van der Waals surface area contributed by atoms with E-state index in [9.17, 15) is 14.7 Å². The maximum atomic E-state index is 13.1. The Morgan fingerprint density at radius 2 is 2.13 bits per heavy atom. The lowest BCUT2D eigenvalue weighted by Crippen LogP contribution is -2.34. The first kappa shape index (κ1) is 22.7. The van der Waals surface area contributed by atoms with E-state index in [1.165, 1.54) is 7.11 Å². The molecule has 1 atom stereocenters. The molecule has 1 unspecified atom stereocenters. The molecule has 30 heavy (non-hydrogen) atoms. The quantitative estimate of drug-likeness (QED) is 0.427. The van der Waals surface area contributed by atoms with Crippen molar-refractivity contribution in [2.24, 2.45) is 0 Å². The number of rotatable bonds is 7. The van der Waals surface area contributed by atoms with Gasteiger partial charge in [0.05, 0.1) is 17.2 Å². The van der Waals surface area contributed by atoms with E-state index in [1.54, 1.807) is 23.9 Å². The van der Waals surface area contributed by atoms with Crippen LogP contribution < -0.4 is 10.1 Å². The summed E-state index contributed by atoms with van der Waals surface area (Å²) >= 11 is 5.06. The Morgan fingerprint density at radius 3 is 2.83 bits per heavy atom. The lowest BCUT2D eigenvalue weighted by molar-refractivity contribution is -0.138. The van der Waals surface area contributed by atoms with Crippen molar-refractivity contribution in [2.45, 2.75) is 39.0 Å². The highest BCUT2D eigenvalue weighted by atomic mass is 79.9. The van der Waals surface area contributed by atoms with Gasteiger partial charge in [0.25, 0.3) is 0 Å². The van der Waals surface area contributed by atoms with Gasteiger partial charge in [-0.15, -0.1) is 0 Å². The van der Waals surface area contributed by atoms with Gasteiger partial charge in [0, 0.05) is 35.1 Å². The first-order chi connectivity index (χ1) is 14.4. The second-order valence-electron chi connectivity index (χ2n) is 7.15. The van der Waals surface area contributed by atoms with E-state index in [2.05, 4.69) is 28.2 Å². The number of ketones is 1. The smallest absolute Gasteiger partial charge is 0.336 e. The molecular weight excluding hydrogens is 470 g/mol. The molecule has 0 aromatic heterocycles. The zero-order valence-corrected chi connectivity index (χ0v) is 19.7. The summed E-state index contributed by atoms with van der Waals surface area (Å²) in [6.45, 7) is 4.20. The normalized spacial score (nSPS) is 18.8. The highest BCUT2D eigenvalue weighted by Crippen LogP contribution is 2.46. The number of hydrogen-bond donors (Lipinski definition) is 2. The fraction of sp³-hybridized carbons (Fsp3) is 0.455. The van der Waals surface area contributed by atoms with Crippen LogP contribution in [0.5, 0.6) is 11.5 Å². The minimum atomic E-state index is -0.578. The number of aromatic hydroxyl groups is 1. The number of benzene rings is 1. The van der Waals surface area contributed by atoms with Crippen LogP contribution in [-0.2, 0) is 14.3 Å². The van der Waals surface area contributed by atoms with Crippen molar-refractivity contribution in [2.75, 3.05) is 25.2 Å². The highest BCUT2D eigenvalue weighted by Gasteiger charge is 2.39. The topological polar surface area (TPSA) is 84.9 Å². The summed E-state index contributed by atoms with van der Waals surface area (Å²) in [5.74, 6) is 0.930. The molecule has 0 spiro atoms. The third kappa shape index (κ3) is 4.54. The molecule has 1 heterocycles. The maximum absolute atomic E-state index is 13.1. The number of hydrogen-bond acceptors (Lipinski definition) is 7. The number of carbonyl (C=O) groups excluding carboxylic acids is 2. The van der Waals surface area contributed by atoms with E-state index in [1.807, 2.05) is 6.92 Å². The second kappa shape index (κ2) is 9.92. The number of methoxy groups -OCH3 is 1. The molecule has 8 heteroatoms. The molecule has 0 bridgehead atoms. The molecule has 1 aliphatic heterocycles. The largest absolute Gasteiger partial charge is 0.503 e. The summed E-state index contributed by atoms with van der Waals surface area (Å²) in [6, 6.07) is 3.41. The van der Waals surface area contributed by atoms with Crippen LogP contribution in [0.1, 0.15) is 44.6 Å². The summed E-state index contributed by atoms with van der Waals surface area (Å²) in [6.07, 6.45) is 1.98. The number of dihydropyridines is 1. The Labute approximate surface area is 189 Å². The van der Waals surface area contributed by atoms with E-state index < -0.39 is 11.9 Å². The molecule has 0 fully saturated rings. The number of halogens is 1. The van der Waals surface area contributed by atoms with Crippen LogP contribution in [0.4, 0.5) is 0 Å². The number of esters is 1. The maximum Gasteiger partial charge on any atom is 0.336 e. The van der Waals surface area contributed by atoms with Gasteiger partial charge in [-0.25, -0.2) is 4.79 Å². The number of ether oxygens (including phenoxy) is 2. The molecule has 1 aromatic carbocycles. The van der Waals surface area contributed by atoms with Crippen molar-refractivity contribution < 1.29 is 24.2 Å². The van der Waals surface area contributed by atoms with Gasteiger partial charge < -0.3 is 19.9 Å². The molecule has 0 saturated carbocycles. The zero-order valence-electron chi connectivity index (χ0n) is 17.3. The Bertz CT molecular complexity index is 924. The SMILES string of the molecule is CCSCCOC(=O)C1=C(C)NC2=C(C(=O)CCC2)C1c1cc(Br)c(O)c(OC)c1. The van der Waals surface area contributed by atoms with Gasteiger partial charge in [0.1, 0.15) is 6.61 Å². The van der Waals surface area contributed by atoms with Gasteiger partial charge in [0.15, 0.2) is 17.3 Å². The van der Waals surface area contributed by atoms with Crippen LogP contribution in [0, 0.1) is 0 Å². The lowest BCUT2D eigenvalue weighted by Gasteiger charge is -2.34. The van der Waals surface area contributed by atoms with Gasteiger partial charge >= 0.3 is 5.97 Å². The molecule has 1 aromatic rings. The fourth-order valence-corrected chi connectivity index (χ4v) is 4.87. The minimum Gasteiger partial charge on any atom is -0.503 e. The predicted octanol–water partition coefficient (Wildman–Crippen LogP) is 4.43. The van der Waals surface area contributed by atoms with Crippen molar-refractivity contribution in [3.63, 3.8) is 0 Å². The van der Waals surface area contributed by atoms with Crippen LogP contribution in [0.15, 0.2) is 39.1 Å². The zero-order chi connectivity index (χ0) is 21.8. The first-order valence-electron chi connectivity index (χ1n) is 9.94. The molecule has 0 amide bonds. The highest BCUT2D eigenvalue weighted by molar-refractivity contribution is 9.10. The number of thioether (sulfide) groups is 1. The number of carbonyl (C=O) groups is 2. The van der Waals surface area contributed by atoms with Crippen molar-refractivity contribution >= 4 is 39.4 Å². The molecule has 0 saturated heterocycles. The fourth-order valence-electron chi connectivity index (χ4n) is 3.92. The Kier molecular flexibility index (Phi) is 7.52. The van der Waals surface area contributed by atoms with E-state index in [-0.39, 0.29) is 17.3 Å². The molecular formula is C22H26BrNO5S. The number of Topliss-reactive ketones (excluding diaryl/α,β-unsaturated/α-hetero) is 1. The lowest BCUT2D eigenvalue weighted by atomic mass is 9.75. The summed E-state index contributed by atoms with van der Waals surface area (Å²) < 4.78 is 11.3. The average Bonchev–Trinajstić information content (AvgIpc) is 2.72. The third-order valence-corrected chi connectivity index (χ3v) is 6.73. The second-order valence-corrected chi connectivity index (χ2v) is 9.40. The van der Waals surface area contributed by atoms with Crippen molar-refractivity contribution in [1.29, 1.82) is 0 Å². The molecule has 6 nitrogen and oxygen atoms in total. The van der Waals surface area contributed by atoms with Crippen molar-refractivity contribution in [3.8, 4) is 11.5 Å². The number of phenolic OH excluding ortho intramolecular Hbond substituents is 1. The standard InChI is InChI=1S/C22H26BrNO5S/c1-4-30-9-8-29-22(27)18-12(2)24-15-6-5-7-16(25)20(15)19(18)13-10-14(23)21(26)17(11-13)28-3/h10-11,19,24,26H,4-9H2,1-3H3. The van der Waals surface area contributed by atoms with E-state index in [0.29, 0.717) is 39.9 Å². The van der Waals surface area contributed by atoms with Gasteiger partial charge in [-0.1, -0.05) is 6.92 Å². The molecule has 2 N–H and O–H groups in total. The molecule has 2 aliphatic rings. The summed E-state index contributed by atoms with van der Waals surface area (Å²) in [5.41, 5.74) is 3.25. The third-order valence-electron chi connectivity index (χ3n) is 5.26. The number of allylic oxidation sites excluding steroid dienone is 3. The Hall–Kier alpha value is -1.93.